The van der Waals surface area contributed by atoms with Crippen LogP contribution in [0.3, 0.4) is 0 Å². The van der Waals surface area contributed by atoms with Crippen LogP contribution in [0.25, 0.3) is 11.0 Å². The van der Waals surface area contributed by atoms with Gasteiger partial charge in [-0.15, -0.1) is 0 Å². The van der Waals surface area contributed by atoms with Gasteiger partial charge in [0.15, 0.2) is 11.6 Å². The third-order valence-electron chi connectivity index (χ3n) is 5.22. The Morgan fingerprint density at radius 2 is 2.09 bits per heavy atom. The van der Waals surface area contributed by atoms with Gasteiger partial charge in [0.05, 0.1) is 5.39 Å². The number of nitrogens with two attached hydrogens (primary N) is 1. The lowest BCUT2D eigenvalue weighted by Crippen LogP contribution is -2.31. The highest BCUT2D eigenvalue weighted by molar-refractivity contribution is 5.82. The molecule has 0 aliphatic rings. The predicted molar refractivity (Wildman–Crippen MR) is 119 cm³/mol. The molecule has 3 heterocycles. The molecule has 4 N–H and O–H groups in total. The van der Waals surface area contributed by atoms with Gasteiger partial charge < -0.3 is 30.7 Å². The van der Waals surface area contributed by atoms with Crippen LogP contribution in [-0.2, 0) is 11.2 Å². The SMILES string of the molecule is CCC(CCc1cc(Nc2ccc(Oc3ccnc4[nH]ccc34)c(F)c2)nc(N)n1)C(=O)[O-]. The second kappa shape index (κ2) is 9.51. The molecule has 0 aliphatic carbocycles. The van der Waals surface area contributed by atoms with Crippen LogP contribution in [0.1, 0.15) is 25.5 Å². The van der Waals surface area contributed by atoms with E-state index in [9.17, 15) is 14.3 Å². The van der Waals surface area contributed by atoms with Gasteiger partial charge in [-0.05, 0) is 49.4 Å². The van der Waals surface area contributed by atoms with Crippen LogP contribution in [0, 0.1) is 11.7 Å². The van der Waals surface area contributed by atoms with E-state index in [1.807, 2.05) is 0 Å². The molecule has 33 heavy (non-hydrogen) atoms. The summed E-state index contributed by atoms with van der Waals surface area (Å²) >= 11 is 0. The summed E-state index contributed by atoms with van der Waals surface area (Å²) in [6.07, 6.45) is 4.55. The van der Waals surface area contributed by atoms with Crippen molar-refractivity contribution in [2.75, 3.05) is 11.1 Å². The second-order valence-corrected chi connectivity index (χ2v) is 7.49. The number of aliphatic carboxylic acids is 1. The maximum absolute atomic E-state index is 14.7. The lowest BCUT2D eigenvalue weighted by atomic mass is 9.99. The van der Waals surface area contributed by atoms with Gasteiger partial charge in [-0.25, -0.2) is 14.4 Å². The van der Waals surface area contributed by atoms with Gasteiger partial charge in [0.1, 0.15) is 17.2 Å². The van der Waals surface area contributed by atoms with E-state index in [2.05, 4.69) is 25.3 Å². The zero-order valence-corrected chi connectivity index (χ0v) is 17.8. The molecule has 1 atom stereocenters. The molecule has 0 saturated heterocycles. The van der Waals surface area contributed by atoms with Crippen molar-refractivity contribution in [2.45, 2.75) is 26.2 Å². The molecule has 0 saturated carbocycles. The highest BCUT2D eigenvalue weighted by Crippen LogP contribution is 2.31. The smallest absolute Gasteiger partial charge is 0.222 e. The first kappa shape index (κ1) is 22.0. The molecule has 0 radical (unpaired) electrons. The molecule has 0 fully saturated rings. The Hall–Kier alpha value is -4.21. The molecule has 0 amide bonds. The first-order valence-electron chi connectivity index (χ1n) is 10.4. The molecule has 4 aromatic rings. The molecule has 10 heteroatoms. The number of halogens is 1. The number of carbonyl (C=O) groups is 1. The minimum absolute atomic E-state index is 0.0325. The molecule has 0 aliphatic heterocycles. The summed E-state index contributed by atoms with van der Waals surface area (Å²) in [5, 5.41) is 14.9. The molecule has 9 nitrogen and oxygen atoms in total. The fraction of sp³-hybridized carbons (Fsp3) is 0.217. The third-order valence-corrected chi connectivity index (χ3v) is 5.22. The van der Waals surface area contributed by atoms with Crippen LogP contribution in [-0.4, -0.2) is 25.9 Å². The summed E-state index contributed by atoms with van der Waals surface area (Å²) in [6.45, 7) is 1.79. The maximum atomic E-state index is 14.7. The van der Waals surface area contributed by atoms with Crippen molar-refractivity contribution in [1.29, 1.82) is 0 Å². The first-order chi connectivity index (χ1) is 15.9. The van der Waals surface area contributed by atoms with Gasteiger partial charge in [-0.3, -0.25) is 0 Å². The quantitative estimate of drug-likeness (QED) is 0.353. The molecule has 0 bridgehead atoms. The largest absolute Gasteiger partial charge is 0.550 e. The van der Waals surface area contributed by atoms with Crippen molar-refractivity contribution >= 4 is 34.5 Å². The number of fused-ring (bicyclic) bond motifs is 1. The van der Waals surface area contributed by atoms with Crippen molar-refractivity contribution in [3.8, 4) is 11.5 Å². The number of nitrogen functional groups attached to an aromatic ring is 1. The Morgan fingerprint density at radius 1 is 1.24 bits per heavy atom. The van der Waals surface area contributed by atoms with Gasteiger partial charge in [-0.2, -0.15) is 4.98 Å². The van der Waals surface area contributed by atoms with Crippen molar-refractivity contribution in [3.05, 3.63) is 60.3 Å². The average molecular weight is 449 g/mol. The summed E-state index contributed by atoms with van der Waals surface area (Å²) in [5.41, 5.74) is 7.46. The molecular formula is C23H22FN6O3-. The number of hydrogen-bond acceptors (Lipinski definition) is 8. The van der Waals surface area contributed by atoms with Gasteiger partial charge in [0.25, 0.3) is 0 Å². The fourth-order valence-corrected chi connectivity index (χ4v) is 3.47. The van der Waals surface area contributed by atoms with Crippen molar-refractivity contribution in [1.82, 2.24) is 19.9 Å². The molecule has 1 unspecified atom stereocenters. The van der Waals surface area contributed by atoms with Crippen LogP contribution in [0.2, 0.25) is 0 Å². The van der Waals surface area contributed by atoms with Crippen molar-refractivity contribution in [2.24, 2.45) is 5.92 Å². The number of anilines is 3. The molecule has 3 aromatic heterocycles. The second-order valence-electron chi connectivity index (χ2n) is 7.49. The fourth-order valence-electron chi connectivity index (χ4n) is 3.47. The molecule has 0 spiro atoms. The lowest BCUT2D eigenvalue weighted by molar-refractivity contribution is -0.311. The number of nitrogens with zero attached hydrogens (tertiary/aromatic N) is 3. The van der Waals surface area contributed by atoms with Crippen LogP contribution < -0.4 is 20.9 Å². The first-order valence-corrected chi connectivity index (χ1v) is 10.4. The minimum Gasteiger partial charge on any atom is -0.550 e. The van der Waals surface area contributed by atoms with E-state index < -0.39 is 17.7 Å². The normalized spacial score (nSPS) is 11.9. The lowest BCUT2D eigenvalue weighted by Gasteiger charge is -2.15. The maximum Gasteiger partial charge on any atom is 0.222 e. The molecule has 170 valence electrons. The van der Waals surface area contributed by atoms with Gasteiger partial charge >= 0.3 is 0 Å². The van der Waals surface area contributed by atoms with Crippen LogP contribution in [0.15, 0.2) is 48.8 Å². The van der Waals surface area contributed by atoms with Gasteiger partial charge in [0.2, 0.25) is 5.95 Å². The van der Waals surface area contributed by atoms with E-state index in [1.165, 1.54) is 12.1 Å². The number of ether oxygens (including phenoxy) is 1. The average Bonchev–Trinajstić information content (AvgIpc) is 3.25. The van der Waals surface area contributed by atoms with E-state index in [0.29, 0.717) is 47.9 Å². The number of carbonyl (C=O) groups excluding carboxylic acids is 1. The van der Waals surface area contributed by atoms with Crippen LogP contribution in [0.4, 0.5) is 21.8 Å². The van der Waals surface area contributed by atoms with E-state index in [4.69, 9.17) is 10.5 Å². The number of rotatable bonds is 9. The van der Waals surface area contributed by atoms with E-state index in [1.54, 1.807) is 43.6 Å². The topological polar surface area (TPSA) is 142 Å². The number of aryl methyl sites for hydroxylation is 1. The molecule has 1 aromatic carbocycles. The highest BCUT2D eigenvalue weighted by Gasteiger charge is 2.12. The number of carboxylic acid groups (broad SMARTS) is 1. The van der Waals surface area contributed by atoms with Crippen LogP contribution >= 0.6 is 0 Å². The Balaban J connectivity index is 1.48. The number of aromatic nitrogens is 4. The number of hydrogen-bond donors (Lipinski definition) is 3. The zero-order valence-electron chi connectivity index (χ0n) is 17.8. The van der Waals surface area contributed by atoms with Crippen molar-refractivity contribution in [3.63, 3.8) is 0 Å². The van der Waals surface area contributed by atoms with E-state index in [0.717, 1.165) is 5.39 Å². The van der Waals surface area contributed by atoms with Gasteiger partial charge in [0, 0.05) is 41.9 Å². The zero-order chi connectivity index (χ0) is 23.4. The van der Waals surface area contributed by atoms with Crippen molar-refractivity contribution < 1.29 is 19.0 Å². The Labute approximate surface area is 188 Å². The number of pyridine rings is 1. The standard InChI is InChI=1S/C23H23FN6O3/c1-2-13(22(31)32)3-4-15-12-20(30-23(25)29-15)28-14-5-6-19(17(24)11-14)33-18-8-10-27-21-16(18)7-9-26-21/h5-13H,2-4H2,1H3,(H,26,27)(H,31,32)(H3,25,28,29,30)/p-1. The number of benzene rings is 1. The highest BCUT2D eigenvalue weighted by atomic mass is 19.1. The Bertz CT molecular complexity index is 1290. The monoisotopic (exact) mass is 449 g/mol. The number of H-pyrrole nitrogens is 1. The number of carboxylic acids is 1. The van der Waals surface area contributed by atoms with E-state index in [-0.39, 0.29) is 11.7 Å². The van der Waals surface area contributed by atoms with E-state index >= 15 is 0 Å². The number of nitrogens with one attached hydrogen (secondary N) is 2. The summed E-state index contributed by atoms with van der Waals surface area (Å²) in [4.78, 5) is 26.6. The summed E-state index contributed by atoms with van der Waals surface area (Å²) in [7, 11) is 0. The van der Waals surface area contributed by atoms with Crippen LogP contribution in [0.5, 0.6) is 11.5 Å². The summed E-state index contributed by atoms with van der Waals surface area (Å²) < 4.78 is 20.5. The molecular weight excluding hydrogens is 427 g/mol. The van der Waals surface area contributed by atoms with Gasteiger partial charge in [-0.1, -0.05) is 6.92 Å². The summed E-state index contributed by atoms with van der Waals surface area (Å²) in [5.74, 6) is -1.27. The number of aromatic amines is 1. The minimum atomic E-state index is -1.08. The summed E-state index contributed by atoms with van der Waals surface area (Å²) in [6, 6.07) is 9.56. The Kier molecular flexibility index (Phi) is 6.34. The third kappa shape index (κ3) is 5.17. The predicted octanol–water partition coefficient (Wildman–Crippen LogP) is 3.32. The molecule has 4 rings (SSSR count). The Morgan fingerprint density at radius 3 is 2.85 bits per heavy atom.